The van der Waals surface area contributed by atoms with Gasteiger partial charge in [-0.15, -0.1) is 0 Å². The summed E-state index contributed by atoms with van der Waals surface area (Å²) in [7, 11) is 0. The Balaban J connectivity index is 1.49. The quantitative estimate of drug-likeness (QED) is 0.691. The molecule has 0 bridgehead atoms. The van der Waals surface area contributed by atoms with Gasteiger partial charge < -0.3 is 20.3 Å². The number of carbonyl (C=O) groups is 2. The van der Waals surface area contributed by atoms with Crippen LogP contribution in [0.25, 0.3) is 5.69 Å². The fraction of sp³-hybridized carbons (Fsp3) is 0.522. The van der Waals surface area contributed by atoms with Gasteiger partial charge in [-0.1, -0.05) is 11.6 Å². The van der Waals surface area contributed by atoms with Crippen LogP contribution >= 0.6 is 11.6 Å². The Kier molecular flexibility index (Phi) is 7.01. The molecule has 1 aromatic carbocycles. The number of nitrogens with zero attached hydrogens (tertiary/aromatic N) is 3. The molecule has 0 aliphatic carbocycles. The Bertz CT molecular complexity index is 961. The largest absolute Gasteiger partial charge is 0.376 e. The van der Waals surface area contributed by atoms with E-state index >= 15 is 0 Å². The van der Waals surface area contributed by atoms with Crippen molar-refractivity contribution in [3.63, 3.8) is 0 Å². The summed E-state index contributed by atoms with van der Waals surface area (Å²) >= 11 is 6.06. The molecule has 172 valence electrons. The third-order valence-corrected chi connectivity index (χ3v) is 6.35. The van der Waals surface area contributed by atoms with Crippen LogP contribution in [-0.2, 0) is 14.3 Å². The minimum absolute atomic E-state index is 0.0233. The molecular weight excluding hydrogens is 430 g/mol. The first kappa shape index (κ1) is 22.6. The summed E-state index contributed by atoms with van der Waals surface area (Å²) in [6, 6.07) is 7.45. The molecule has 1 unspecified atom stereocenters. The number of benzene rings is 1. The lowest BCUT2D eigenvalue weighted by atomic mass is 9.95. The molecule has 2 aliphatic heterocycles. The highest BCUT2D eigenvalue weighted by atomic mass is 35.5. The molecule has 0 saturated carbocycles. The highest BCUT2D eigenvalue weighted by molar-refractivity contribution is 6.30. The van der Waals surface area contributed by atoms with Crippen molar-refractivity contribution in [1.29, 1.82) is 0 Å². The molecule has 2 amide bonds. The second kappa shape index (κ2) is 9.92. The number of hydrogen-bond acceptors (Lipinski definition) is 5. The maximum atomic E-state index is 12.7. The number of piperidine rings is 1. The minimum Gasteiger partial charge on any atom is -0.376 e. The highest BCUT2D eigenvalue weighted by Crippen LogP contribution is 2.35. The zero-order valence-electron chi connectivity index (χ0n) is 18.6. The zero-order chi connectivity index (χ0) is 22.7. The van der Waals surface area contributed by atoms with Crippen molar-refractivity contribution in [3.05, 3.63) is 35.0 Å². The standard InChI is InChI=1S/C23H30ClN5O3/c1-15-21(26-16(2)30)23(29(27-15)19-7-5-18(24)6-8-19)28-11-9-17(10-12-28)22(31)25-14-20-4-3-13-32-20/h5-8,17,20H,3-4,9-14H2,1-2H3,(H,25,31)(H,26,30). The third-order valence-electron chi connectivity index (χ3n) is 6.10. The fourth-order valence-electron chi connectivity index (χ4n) is 4.41. The lowest BCUT2D eigenvalue weighted by Gasteiger charge is -2.33. The molecule has 2 fully saturated rings. The molecule has 32 heavy (non-hydrogen) atoms. The van der Waals surface area contributed by atoms with Gasteiger partial charge >= 0.3 is 0 Å². The molecule has 0 spiro atoms. The number of ether oxygens (including phenoxy) is 1. The molecule has 2 aliphatic rings. The molecule has 0 radical (unpaired) electrons. The van der Waals surface area contributed by atoms with Crippen molar-refractivity contribution < 1.29 is 14.3 Å². The van der Waals surface area contributed by atoms with Crippen LogP contribution in [0.2, 0.25) is 5.02 Å². The van der Waals surface area contributed by atoms with E-state index in [1.807, 2.05) is 35.9 Å². The van der Waals surface area contributed by atoms with Gasteiger partial charge in [0.25, 0.3) is 0 Å². The van der Waals surface area contributed by atoms with Crippen molar-refractivity contribution in [2.75, 3.05) is 36.5 Å². The SMILES string of the molecule is CC(=O)Nc1c(C)nn(-c2ccc(Cl)cc2)c1N1CCC(C(=O)NCC2CCCO2)CC1. The van der Waals surface area contributed by atoms with Gasteiger partial charge in [-0.05, 0) is 56.9 Å². The van der Waals surface area contributed by atoms with E-state index in [0.717, 1.165) is 49.5 Å². The zero-order valence-corrected chi connectivity index (χ0v) is 19.3. The van der Waals surface area contributed by atoms with E-state index in [2.05, 4.69) is 15.5 Å². The summed E-state index contributed by atoms with van der Waals surface area (Å²) in [6.45, 7) is 6.15. The van der Waals surface area contributed by atoms with Crippen LogP contribution in [0.5, 0.6) is 0 Å². The Morgan fingerprint density at radius 1 is 1.19 bits per heavy atom. The maximum Gasteiger partial charge on any atom is 0.223 e. The number of halogens is 1. The maximum absolute atomic E-state index is 12.7. The summed E-state index contributed by atoms with van der Waals surface area (Å²) < 4.78 is 7.44. The van der Waals surface area contributed by atoms with Gasteiger partial charge in [0, 0.05) is 44.1 Å². The molecule has 9 heteroatoms. The third kappa shape index (κ3) is 5.07. The summed E-state index contributed by atoms with van der Waals surface area (Å²) in [5.41, 5.74) is 2.30. The first-order valence-corrected chi connectivity index (χ1v) is 11.6. The average molecular weight is 460 g/mol. The van der Waals surface area contributed by atoms with Crippen molar-refractivity contribution >= 4 is 34.9 Å². The Hall–Kier alpha value is -2.58. The van der Waals surface area contributed by atoms with E-state index in [-0.39, 0.29) is 23.8 Å². The lowest BCUT2D eigenvalue weighted by molar-refractivity contribution is -0.126. The number of carbonyl (C=O) groups excluding carboxylic acids is 2. The van der Waals surface area contributed by atoms with Crippen molar-refractivity contribution in [2.45, 2.75) is 45.6 Å². The lowest BCUT2D eigenvalue weighted by Crippen LogP contribution is -2.43. The molecule has 8 nitrogen and oxygen atoms in total. The molecule has 1 aromatic heterocycles. The first-order chi connectivity index (χ1) is 15.4. The summed E-state index contributed by atoms with van der Waals surface area (Å²) in [4.78, 5) is 26.7. The van der Waals surface area contributed by atoms with Crippen LogP contribution in [0.1, 0.15) is 38.3 Å². The van der Waals surface area contributed by atoms with Crippen LogP contribution in [0.3, 0.4) is 0 Å². The van der Waals surface area contributed by atoms with E-state index in [4.69, 9.17) is 21.4 Å². The Labute approximate surface area is 193 Å². The number of rotatable bonds is 6. The van der Waals surface area contributed by atoms with Gasteiger partial charge in [0.15, 0.2) is 5.82 Å². The Morgan fingerprint density at radius 2 is 1.91 bits per heavy atom. The van der Waals surface area contributed by atoms with E-state index in [1.54, 1.807) is 0 Å². The van der Waals surface area contributed by atoms with Gasteiger partial charge in [0.1, 0.15) is 5.69 Å². The van der Waals surface area contributed by atoms with Gasteiger partial charge in [0.05, 0.1) is 17.5 Å². The molecule has 4 rings (SSSR count). The van der Waals surface area contributed by atoms with E-state index in [9.17, 15) is 9.59 Å². The predicted octanol–water partition coefficient (Wildman–Crippen LogP) is 3.30. The van der Waals surface area contributed by atoms with Crippen LogP contribution < -0.4 is 15.5 Å². The van der Waals surface area contributed by atoms with Crippen molar-refractivity contribution in [3.8, 4) is 5.69 Å². The minimum atomic E-state index is -0.145. The molecular formula is C23H30ClN5O3. The molecule has 3 heterocycles. The molecule has 2 N–H and O–H groups in total. The van der Waals surface area contributed by atoms with Gasteiger partial charge in [-0.2, -0.15) is 5.10 Å². The highest BCUT2D eigenvalue weighted by Gasteiger charge is 2.30. The van der Waals surface area contributed by atoms with Crippen LogP contribution in [0.4, 0.5) is 11.5 Å². The second-order valence-corrected chi connectivity index (χ2v) is 8.93. The van der Waals surface area contributed by atoms with E-state index in [1.165, 1.54) is 6.92 Å². The fourth-order valence-corrected chi connectivity index (χ4v) is 4.54. The first-order valence-electron chi connectivity index (χ1n) is 11.2. The van der Waals surface area contributed by atoms with E-state index in [0.29, 0.717) is 30.3 Å². The number of aromatic nitrogens is 2. The van der Waals surface area contributed by atoms with Crippen LogP contribution in [0.15, 0.2) is 24.3 Å². The number of nitrogens with one attached hydrogen (secondary N) is 2. The normalized spacial score (nSPS) is 19.2. The second-order valence-electron chi connectivity index (χ2n) is 8.49. The predicted molar refractivity (Wildman–Crippen MR) is 125 cm³/mol. The Morgan fingerprint density at radius 3 is 2.53 bits per heavy atom. The van der Waals surface area contributed by atoms with Crippen LogP contribution in [-0.4, -0.2) is 53.9 Å². The van der Waals surface area contributed by atoms with Gasteiger partial charge in [-0.25, -0.2) is 4.68 Å². The summed E-state index contributed by atoms with van der Waals surface area (Å²) in [5.74, 6) is 0.765. The van der Waals surface area contributed by atoms with Gasteiger partial charge in [-0.3, -0.25) is 9.59 Å². The molecule has 2 saturated heterocycles. The molecule has 1 atom stereocenters. The van der Waals surface area contributed by atoms with E-state index < -0.39 is 0 Å². The number of anilines is 2. The summed E-state index contributed by atoms with van der Waals surface area (Å²) in [5, 5.41) is 11.3. The summed E-state index contributed by atoms with van der Waals surface area (Å²) in [6.07, 6.45) is 3.70. The van der Waals surface area contributed by atoms with Gasteiger partial charge in [0.2, 0.25) is 11.8 Å². The topological polar surface area (TPSA) is 88.5 Å². The smallest absolute Gasteiger partial charge is 0.223 e. The number of aryl methyl sites for hydroxylation is 1. The number of hydrogen-bond donors (Lipinski definition) is 2. The van der Waals surface area contributed by atoms with Crippen molar-refractivity contribution in [2.24, 2.45) is 5.92 Å². The average Bonchev–Trinajstić information content (AvgIpc) is 3.41. The monoisotopic (exact) mass is 459 g/mol. The molecule has 2 aromatic rings. The van der Waals surface area contributed by atoms with Crippen molar-refractivity contribution in [1.82, 2.24) is 15.1 Å². The van der Waals surface area contributed by atoms with Crippen LogP contribution in [0, 0.1) is 12.8 Å². The number of amides is 2.